The molecule has 1 aromatic rings. The Kier molecular flexibility index (Phi) is 2.63. The fraction of sp³-hybridized carbons (Fsp3) is 0.143. The van der Waals surface area contributed by atoms with Crippen LogP contribution in [0.1, 0.15) is 5.56 Å². The van der Waals surface area contributed by atoms with Crippen LogP contribution in [0.5, 0.6) is 5.75 Å². The number of rotatable bonds is 1. The van der Waals surface area contributed by atoms with Gasteiger partial charge in [-0.25, -0.2) is 0 Å². The van der Waals surface area contributed by atoms with Crippen molar-refractivity contribution in [1.29, 1.82) is 0 Å². The van der Waals surface area contributed by atoms with Crippen LogP contribution in [0.3, 0.4) is 0 Å². The molecule has 0 saturated heterocycles. The molecule has 0 fully saturated rings. The van der Waals surface area contributed by atoms with Gasteiger partial charge in [0.25, 0.3) is 0 Å². The minimum Gasteiger partial charge on any atom is -0.511 e. The summed E-state index contributed by atoms with van der Waals surface area (Å²) in [6.45, 7) is -5.50. The summed E-state index contributed by atoms with van der Waals surface area (Å²) in [5.41, 5.74) is -2.74. The van der Waals surface area contributed by atoms with Crippen molar-refractivity contribution < 1.29 is 31.2 Å². The van der Waals surface area contributed by atoms with E-state index in [2.05, 4.69) is 0 Å². The maximum Gasteiger partial charge on any atom is 0.513 e. The van der Waals surface area contributed by atoms with E-state index in [1.54, 1.807) is 0 Å². The molecule has 0 amide bonds. The molecule has 0 aliphatic heterocycles. The average Bonchev–Trinajstić information content (AvgIpc) is 1.99. The molecular formula is C7H4BF6O-. The number of phenols is 1. The summed E-state index contributed by atoms with van der Waals surface area (Å²) in [5, 5.41) is 8.79. The Morgan fingerprint density at radius 2 is 1.60 bits per heavy atom. The van der Waals surface area contributed by atoms with Gasteiger partial charge in [-0.2, -0.15) is 13.2 Å². The molecule has 0 aromatic heterocycles. The highest BCUT2D eigenvalue weighted by molar-refractivity contribution is 6.74. The van der Waals surface area contributed by atoms with E-state index in [9.17, 15) is 26.1 Å². The maximum absolute atomic E-state index is 12.1. The Hall–Kier alpha value is -1.34. The Morgan fingerprint density at radius 3 is 1.93 bits per heavy atom. The second-order valence-electron chi connectivity index (χ2n) is 2.85. The van der Waals surface area contributed by atoms with Crippen LogP contribution in [0, 0.1) is 0 Å². The normalized spacial score (nSPS) is 12.9. The lowest BCUT2D eigenvalue weighted by Crippen LogP contribution is -2.34. The minimum atomic E-state index is -5.50. The Morgan fingerprint density at radius 1 is 1.07 bits per heavy atom. The number of hydrogen-bond acceptors (Lipinski definition) is 1. The van der Waals surface area contributed by atoms with Crippen LogP contribution >= 0.6 is 0 Å². The lowest BCUT2D eigenvalue weighted by molar-refractivity contribution is -0.137. The van der Waals surface area contributed by atoms with Gasteiger partial charge in [-0.15, -0.1) is 0 Å². The Balaban J connectivity index is 3.21. The third-order valence-electron chi connectivity index (χ3n) is 1.71. The van der Waals surface area contributed by atoms with Gasteiger partial charge in [-0.05, 0) is 6.07 Å². The number of alkyl halides is 3. The van der Waals surface area contributed by atoms with Gasteiger partial charge in [0.2, 0.25) is 0 Å². The minimum absolute atomic E-state index is 0.0601. The zero-order valence-electron chi connectivity index (χ0n) is 7.02. The quantitative estimate of drug-likeness (QED) is 0.579. The highest BCUT2D eigenvalue weighted by atomic mass is 19.4. The van der Waals surface area contributed by atoms with Crippen molar-refractivity contribution in [2.75, 3.05) is 0 Å². The van der Waals surface area contributed by atoms with Gasteiger partial charge < -0.3 is 18.1 Å². The van der Waals surface area contributed by atoms with Crippen LogP contribution in [0.15, 0.2) is 18.2 Å². The standard InChI is InChI=1S/C7H4BF6O/c9-7(10,11)4-1-2-5(6(15)3-4)8(12,13)14/h1-3,15H/q-1. The predicted octanol–water partition coefficient (Wildman–Crippen LogP) is 2.47. The van der Waals surface area contributed by atoms with Gasteiger partial charge in [0.1, 0.15) is 0 Å². The summed E-state index contributed by atoms with van der Waals surface area (Å²) in [6.07, 6.45) is -4.77. The van der Waals surface area contributed by atoms with Crippen molar-refractivity contribution >= 4 is 12.4 Å². The number of benzene rings is 1. The van der Waals surface area contributed by atoms with Crippen LogP contribution in [0.25, 0.3) is 0 Å². The zero-order valence-corrected chi connectivity index (χ0v) is 7.02. The number of halogens is 6. The van der Waals surface area contributed by atoms with Crippen molar-refractivity contribution in [3.63, 3.8) is 0 Å². The summed E-state index contributed by atoms with van der Waals surface area (Å²) in [7, 11) is 0. The molecule has 0 bridgehead atoms. The van der Waals surface area contributed by atoms with Gasteiger partial charge in [0, 0.05) is 0 Å². The van der Waals surface area contributed by atoms with Gasteiger partial charge in [0.05, 0.1) is 11.3 Å². The van der Waals surface area contributed by atoms with E-state index in [-0.39, 0.29) is 18.2 Å². The summed E-state index contributed by atoms with van der Waals surface area (Å²) < 4.78 is 72.3. The predicted molar refractivity (Wildman–Crippen MR) is 41.8 cm³/mol. The summed E-state index contributed by atoms with van der Waals surface area (Å²) in [6, 6.07) is 0.563. The molecule has 0 spiro atoms. The Labute approximate surface area is 80.4 Å². The van der Waals surface area contributed by atoms with Crippen LogP contribution in [-0.4, -0.2) is 12.1 Å². The molecule has 1 aromatic carbocycles. The first-order valence-corrected chi connectivity index (χ1v) is 3.72. The molecule has 0 unspecified atom stereocenters. The van der Waals surface area contributed by atoms with E-state index in [1.807, 2.05) is 0 Å². The van der Waals surface area contributed by atoms with Gasteiger partial charge >= 0.3 is 13.2 Å². The second-order valence-corrected chi connectivity index (χ2v) is 2.85. The zero-order chi connectivity index (χ0) is 11.9. The third-order valence-corrected chi connectivity index (χ3v) is 1.71. The topological polar surface area (TPSA) is 20.2 Å². The molecule has 0 radical (unpaired) electrons. The van der Waals surface area contributed by atoms with Crippen molar-refractivity contribution in [3.05, 3.63) is 23.8 Å². The fourth-order valence-corrected chi connectivity index (χ4v) is 0.997. The summed E-state index contributed by atoms with van der Waals surface area (Å²) >= 11 is 0. The highest BCUT2D eigenvalue weighted by Gasteiger charge is 2.34. The highest BCUT2D eigenvalue weighted by Crippen LogP contribution is 2.31. The van der Waals surface area contributed by atoms with E-state index < -0.39 is 29.9 Å². The first-order chi connectivity index (χ1) is 6.62. The molecule has 8 heteroatoms. The summed E-state index contributed by atoms with van der Waals surface area (Å²) in [5.74, 6) is -1.41. The van der Waals surface area contributed by atoms with Gasteiger partial charge in [-0.1, -0.05) is 17.6 Å². The van der Waals surface area contributed by atoms with Crippen LogP contribution in [0.2, 0.25) is 0 Å². The van der Waals surface area contributed by atoms with E-state index in [0.29, 0.717) is 0 Å². The molecule has 0 heterocycles. The molecule has 0 aliphatic carbocycles. The smallest absolute Gasteiger partial charge is 0.511 e. The molecule has 1 rings (SSSR count). The maximum atomic E-state index is 12.1. The largest absolute Gasteiger partial charge is 0.513 e. The molecular weight excluding hydrogens is 225 g/mol. The molecule has 0 atom stereocenters. The lowest BCUT2D eigenvalue weighted by atomic mass is 9.79. The van der Waals surface area contributed by atoms with E-state index in [1.165, 1.54) is 0 Å². The average molecular weight is 229 g/mol. The Bertz CT molecular complexity index is 369. The van der Waals surface area contributed by atoms with E-state index in [0.717, 1.165) is 0 Å². The number of phenolic OH excluding ortho intramolecular Hbond substituents is 1. The van der Waals surface area contributed by atoms with Crippen LogP contribution in [0.4, 0.5) is 26.1 Å². The van der Waals surface area contributed by atoms with Crippen molar-refractivity contribution in [2.24, 2.45) is 0 Å². The molecule has 1 N–H and O–H groups in total. The van der Waals surface area contributed by atoms with Gasteiger partial charge in [-0.3, -0.25) is 0 Å². The number of aromatic hydroxyl groups is 1. The first kappa shape index (κ1) is 11.7. The molecule has 84 valence electrons. The number of hydrogen-bond donors (Lipinski definition) is 1. The fourth-order valence-electron chi connectivity index (χ4n) is 0.997. The lowest BCUT2D eigenvalue weighted by Gasteiger charge is -2.17. The third kappa shape index (κ3) is 2.57. The summed E-state index contributed by atoms with van der Waals surface area (Å²) in [4.78, 5) is 0. The van der Waals surface area contributed by atoms with Crippen molar-refractivity contribution in [1.82, 2.24) is 0 Å². The molecule has 15 heavy (non-hydrogen) atoms. The van der Waals surface area contributed by atoms with E-state index >= 15 is 0 Å². The monoisotopic (exact) mass is 229 g/mol. The SMILES string of the molecule is Oc1cc(C(F)(F)F)ccc1[B-](F)(F)F. The van der Waals surface area contributed by atoms with Crippen molar-refractivity contribution in [3.8, 4) is 5.75 Å². The van der Waals surface area contributed by atoms with Crippen molar-refractivity contribution in [2.45, 2.75) is 6.18 Å². The van der Waals surface area contributed by atoms with Crippen LogP contribution in [-0.2, 0) is 6.18 Å². The van der Waals surface area contributed by atoms with Gasteiger partial charge in [0.15, 0.2) is 0 Å². The second kappa shape index (κ2) is 3.35. The molecule has 1 nitrogen and oxygen atoms in total. The first-order valence-electron chi connectivity index (χ1n) is 3.72. The van der Waals surface area contributed by atoms with Crippen LogP contribution < -0.4 is 5.46 Å². The molecule has 0 saturated carbocycles. The molecule has 0 aliphatic rings. The van der Waals surface area contributed by atoms with E-state index in [4.69, 9.17) is 5.11 Å².